The van der Waals surface area contributed by atoms with Gasteiger partial charge in [0, 0.05) is 19.3 Å². The molecule has 1 aromatic rings. The zero-order chi connectivity index (χ0) is 14.2. The van der Waals surface area contributed by atoms with Gasteiger partial charge in [0.2, 0.25) is 0 Å². The van der Waals surface area contributed by atoms with Crippen LogP contribution >= 0.6 is 0 Å². The molecule has 0 bridgehead atoms. The van der Waals surface area contributed by atoms with Crippen LogP contribution in [0.4, 0.5) is 5.69 Å². The van der Waals surface area contributed by atoms with Crippen molar-refractivity contribution in [1.82, 2.24) is 9.78 Å². The third-order valence-corrected chi connectivity index (χ3v) is 4.48. The summed E-state index contributed by atoms with van der Waals surface area (Å²) in [6.07, 6.45) is 17.5. The molecule has 2 rings (SSSR count). The fourth-order valence-corrected chi connectivity index (χ4v) is 3.27. The molecule has 0 amide bonds. The summed E-state index contributed by atoms with van der Waals surface area (Å²) in [5.41, 5.74) is 2.35. The Morgan fingerprint density at radius 1 is 0.950 bits per heavy atom. The highest BCUT2D eigenvalue weighted by Gasteiger charge is 2.12. The first kappa shape index (κ1) is 15.4. The van der Waals surface area contributed by atoms with Crippen LogP contribution in [0.3, 0.4) is 0 Å². The van der Waals surface area contributed by atoms with Gasteiger partial charge in [-0.1, -0.05) is 57.8 Å². The summed E-state index contributed by atoms with van der Waals surface area (Å²) in [5.74, 6) is 0. The number of aromatic nitrogens is 2. The van der Waals surface area contributed by atoms with Crippen LogP contribution in [-0.2, 0) is 7.05 Å². The SMILES string of the molecule is Cc1nn(C)cc1NC1CCCCCCCCCCC1. The Morgan fingerprint density at radius 2 is 1.45 bits per heavy atom. The molecule has 1 fully saturated rings. The summed E-state index contributed by atoms with van der Waals surface area (Å²) in [6, 6.07) is 0.636. The molecular weight excluding hydrogens is 246 g/mol. The van der Waals surface area contributed by atoms with Gasteiger partial charge in [0.05, 0.1) is 11.4 Å². The molecule has 0 spiro atoms. The van der Waals surface area contributed by atoms with Crippen molar-refractivity contribution in [3.8, 4) is 0 Å². The second-order valence-electron chi connectivity index (χ2n) is 6.40. The van der Waals surface area contributed by atoms with Gasteiger partial charge in [0.15, 0.2) is 0 Å². The minimum absolute atomic E-state index is 0.636. The zero-order valence-electron chi connectivity index (χ0n) is 13.3. The van der Waals surface area contributed by atoms with Crippen molar-refractivity contribution in [2.75, 3.05) is 5.32 Å². The monoisotopic (exact) mass is 277 g/mol. The first-order chi connectivity index (χ1) is 9.75. The average Bonchev–Trinajstić information content (AvgIpc) is 2.71. The Kier molecular flexibility index (Phi) is 6.41. The lowest BCUT2D eigenvalue weighted by molar-refractivity contribution is 0.480. The molecule has 0 radical (unpaired) electrons. The molecule has 1 N–H and O–H groups in total. The van der Waals surface area contributed by atoms with Crippen LogP contribution in [-0.4, -0.2) is 15.8 Å². The Labute approximate surface area is 124 Å². The number of anilines is 1. The highest BCUT2D eigenvalue weighted by Crippen LogP contribution is 2.21. The van der Waals surface area contributed by atoms with Gasteiger partial charge in [0.25, 0.3) is 0 Å². The predicted molar refractivity (Wildman–Crippen MR) is 86.1 cm³/mol. The van der Waals surface area contributed by atoms with E-state index < -0.39 is 0 Å². The number of hydrogen-bond acceptors (Lipinski definition) is 2. The normalized spacial score (nSPS) is 20.1. The van der Waals surface area contributed by atoms with Crippen LogP contribution < -0.4 is 5.32 Å². The maximum atomic E-state index is 4.43. The molecule has 1 aromatic heterocycles. The van der Waals surface area contributed by atoms with E-state index in [0.29, 0.717) is 6.04 Å². The van der Waals surface area contributed by atoms with Crippen molar-refractivity contribution in [3.05, 3.63) is 11.9 Å². The highest BCUT2D eigenvalue weighted by atomic mass is 15.3. The maximum Gasteiger partial charge on any atom is 0.0825 e. The first-order valence-corrected chi connectivity index (χ1v) is 8.52. The van der Waals surface area contributed by atoms with Crippen molar-refractivity contribution >= 4 is 5.69 Å². The van der Waals surface area contributed by atoms with Crippen LogP contribution in [0.2, 0.25) is 0 Å². The molecule has 3 nitrogen and oxygen atoms in total. The lowest BCUT2D eigenvalue weighted by atomic mass is 9.98. The van der Waals surface area contributed by atoms with E-state index in [2.05, 4.69) is 23.5 Å². The van der Waals surface area contributed by atoms with E-state index in [9.17, 15) is 0 Å². The first-order valence-electron chi connectivity index (χ1n) is 8.52. The Bertz CT molecular complexity index is 372. The lowest BCUT2D eigenvalue weighted by Gasteiger charge is -2.20. The number of hydrogen-bond donors (Lipinski definition) is 1. The number of rotatable bonds is 2. The maximum absolute atomic E-state index is 4.43. The van der Waals surface area contributed by atoms with Gasteiger partial charge in [0.1, 0.15) is 0 Å². The average molecular weight is 277 g/mol. The summed E-state index contributed by atoms with van der Waals surface area (Å²) in [4.78, 5) is 0. The highest BCUT2D eigenvalue weighted by molar-refractivity contribution is 5.46. The molecule has 0 unspecified atom stereocenters. The van der Waals surface area contributed by atoms with E-state index in [1.165, 1.54) is 76.3 Å². The van der Waals surface area contributed by atoms with Crippen LogP contribution in [0.1, 0.15) is 76.3 Å². The summed E-state index contributed by atoms with van der Waals surface area (Å²) < 4.78 is 1.91. The van der Waals surface area contributed by atoms with Crippen LogP contribution in [0, 0.1) is 6.92 Å². The Morgan fingerprint density at radius 3 is 1.90 bits per heavy atom. The standard InChI is InChI=1S/C17H31N3/c1-15-17(14-20(2)19-15)18-16-12-10-8-6-4-3-5-7-9-11-13-16/h14,16,18H,3-13H2,1-2H3. The number of nitrogens with one attached hydrogen (secondary N) is 1. The van der Waals surface area contributed by atoms with Gasteiger partial charge in [-0.25, -0.2) is 0 Å². The molecule has 20 heavy (non-hydrogen) atoms. The van der Waals surface area contributed by atoms with E-state index in [-0.39, 0.29) is 0 Å². The molecule has 1 saturated carbocycles. The quantitative estimate of drug-likeness (QED) is 0.840. The summed E-state index contributed by atoms with van der Waals surface area (Å²) in [5, 5.41) is 8.17. The molecule has 3 heteroatoms. The van der Waals surface area contributed by atoms with E-state index in [4.69, 9.17) is 0 Å². The van der Waals surface area contributed by atoms with Crippen LogP contribution in [0.25, 0.3) is 0 Å². The number of nitrogens with zero attached hydrogens (tertiary/aromatic N) is 2. The summed E-state index contributed by atoms with van der Waals surface area (Å²) in [6.45, 7) is 2.09. The van der Waals surface area contributed by atoms with Gasteiger partial charge in [-0.2, -0.15) is 5.10 Å². The third-order valence-electron chi connectivity index (χ3n) is 4.48. The summed E-state index contributed by atoms with van der Waals surface area (Å²) in [7, 11) is 2.00. The van der Waals surface area contributed by atoms with Crippen LogP contribution in [0.15, 0.2) is 6.20 Å². The molecule has 0 aliphatic heterocycles. The second-order valence-corrected chi connectivity index (χ2v) is 6.40. The summed E-state index contributed by atoms with van der Waals surface area (Å²) >= 11 is 0. The fraction of sp³-hybridized carbons (Fsp3) is 0.824. The molecule has 0 atom stereocenters. The van der Waals surface area contributed by atoms with Crippen molar-refractivity contribution in [2.24, 2.45) is 7.05 Å². The lowest BCUT2D eigenvalue weighted by Crippen LogP contribution is -2.19. The molecule has 1 heterocycles. The van der Waals surface area contributed by atoms with E-state index in [1.54, 1.807) is 0 Å². The molecule has 0 aromatic carbocycles. The molecular formula is C17H31N3. The number of aryl methyl sites for hydroxylation is 2. The van der Waals surface area contributed by atoms with E-state index in [1.807, 2.05) is 11.7 Å². The molecule has 114 valence electrons. The van der Waals surface area contributed by atoms with Crippen molar-refractivity contribution in [3.63, 3.8) is 0 Å². The zero-order valence-corrected chi connectivity index (χ0v) is 13.3. The van der Waals surface area contributed by atoms with Crippen molar-refractivity contribution < 1.29 is 0 Å². The Hall–Kier alpha value is -0.990. The third kappa shape index (κ3) is 5.18. The molecule has 0 saturated heterocycles. The van der Waals surface area contributed by atoms with Gasteiger partial charge >= 0.3 is 0 Å². The molecule has 1 aliphatic carbocycles. The smallest absolute Gasteiger partial charge is 0.0825 e. The topological polar surface area (TPSA) is 29.9 Å². The van der Waals surface area contributed by atoms with E-state index >= 15 is 0 Å². The van der Waals surface area contributed by atoms with Gasteiger partial charge < -0.3 is 5.32 Å². The van der Waals surface area contributed by atoms with Crippen LogP contribution in [0.5, 0.6) is 0 Å². The van der Waals surface area contributed by atoms with Crippen molar-refractivity contribution in [2.45, 2.75) is 83.6 Å². The minimum Gasteiger partial charge on any atom is -0.380 e. The largest absolute Gasteiger partial charge is 0.380 e. The fourth-order valence-electron chi connectivity index (χ4n) is 3.27. The van der Waals surface area contributed by atoms with Gasteiger partial charge in [-0.15, -0.1) is 0 Å². The van der Waals surface area contributed by atoms with Gasteiger partial charge in [-0.05, 0) is 19.8 Å². The minimum atomic E-state index is 0.636. The van der Waals surface area contributed by atoms with Gasteiger partial charge in [-0.3, -0.25) is 4.68 Å². The van der Waals surface area contributed by atoms with Crippen molar-refractivity contribution in [1.29, 1.82) is 0 Å². The van der Waals surface area contributed by atoms with E-state index in [0.717, 1.165) is 5.69 Å². The predicted octanol–water partition coefficient (Wildman–Crippen LogP) is 4.81. The molecule has 1 aliphatic rings. The second kappa shape index (κ2) is 8.33. The Balaban J connectivity index is 1.86.